The van der Waals surface area contributed by atoms with Crippen LogP contribution < -0.4 is 5.32 Å². The van der Waals surface area contributed by atoms with Crippen LogP contribution in [-0.4, -0.2) is 47.4 Å². The summed E-state index contributed by atoms with van der Waals surface area (Å²) in [5, 5.41) is 23.3. The van der Waals surface area contributed by atoms with Crippen LogP contribution in [0.25, 0.3) is 0 Å². The number of hydrogen-bond donors (Lipinski definition) is 3. The van der Waals surface area contributed by atoms with Gasteiger partial charge in [-0.15, -0.1) is 0 Å². The molecule has 0 aliphatic carbocycles. The highest BCUT2D eigenvalue weighted by Crippen LogP contribution is 2.18. The Labute approximate surface area is 512 Å². The molecular weight excluding hydrogens is 1010 g/mol. The van der Waals surface area contributed by atoms with E-state index in [4.69, 9.17) is 4.74 Å². The SMILES string of the molecule is CCCCCC/C=C\C/C=C\CCCCCCCCCC(=O)OCCCCCCCCCCCCCC/C=C\CCCCCCCCCCC(=O)NC(CO)C(O)/C=C/CCCCCCCCCCCCCCCCCCCCCCC. The van der Waals surface area contributed by atoms with E-state index >= 15 is 0 Å². The number of nitrogens with one attached hydrogen (secondary N) is 1. The van der Waals surface area contributed by atoms with Gasteiger partial charge in [-0.2, -0.15) is 0 Å². The summed E-state index contributed by atoms with van der Waals surface area (Å²) in [6.07, 6.45) is 93.4. The molecule has 0 spiro atoms. The van der Waals surface area contributed by atoms with Crippen LogP contribution in [0.15, 0.2) is 48.6 Å². The number of allylic oxidation sites excluding steroid dienone is 7. The summed E-state index contributed by atoms with van der Waals surface area (Å²) < 4.78 is 5.50. The maximum absolute atomic E-state index is 12.5. The second-order valence-electron chi connectivity index (χ2n) is 25.3. The zero-order valence-corrected chi connectivity index (χ0v) is 55.2. The van der Waals surface area contributed by atoms with Crippen LogP contribution in [0, 0.1) is 0 Å². The van der Waals surface area contributed by atoms with Gasteiger partial charge in [-0.05, 0) is 89.9 Å². The van der Waals surface area contributed by atoms with Gasteiger partial charge < -0.3 is 20.3 Å². The topological polar surface area (TPSA) is 95.9 Å². The number of amides is 1. The molecule has 0 saturated carbocycles. The van der Waals surface area contributed by atoms with Crippen molar-refractivity contribution in [3.8, 4) is 0 Å². The molecule has 0 aromatic heterocycles. The van der Waals surface area contributed by atoms with Crippen molar-refractivity contribution in [3.05, 3.63) is 48.6 Å². The molecule has 0 rings (SSSR count). The fraction of sp³-hybridized carbons (Fsp3) is 0.868. The van der Waals surface area contributed by atoms with Crippen molar-refractivity contribution in [2.45, 2.75) is 411 Å². The first kappa shape index (κ1) is 79.8. The molecule has 0 aromatic carbocycles. The van der Waals surface area contributed by atoms with Crippen molar-refractivity contribution in [3.63, 3.8) is 0 Å². The normalized spacial score (nSPS) is 12.8. The Kier molecular flexibility index (Phi) is 69.4. The molecule has 0 saturated heterocycles. The van der Waals surface area contributed by atoms with Crippen molar-refractivity contribution in [2.24, 2.45) is 0 Å². The van der Waals surface area contributed by atoms with Crippen LogP contribution in [0.3, 0.4) is 0 Å². The number of carbonyl (C=O) groups is 2. The van der Waals surface area contributed by atoms with Gasteiger partial charge in [0, 0.05) is 12.8 Å². The number of aliphatic hydroxyl groups excluding tert-OH is 2. The van der Waals surface area contributed by atoms with Gasteiger partial charge in [0.2, 0.25) is 5.91 Å². The van der Waals surface area contributed by atoms with Gasteiger partial charge in [0.05, 0.1) is 25.4 Å². The molecule has 0 aliphatic heterocycles. The minimum atomic E-state index is -0.850. The second-order valence-corrected chi connectivity index (χ2v) is 25.3. The van der Waals surface area contributed by atoms with E-state index in [9.17, 15) is 19.8 Å². The summed E-state index contributed by atoms with van der Waals surface area (Å²) in [4.78, 5) is 24.6. The van der Waals surface area contributed by atoms with Crippen LogP contribution in [0.1, 0.15) is 399 Å². The first-order chi connectivity index (χ1) is 40.5. The Morgan fingerprint density at radius 3 is 0.951 bits per heavy atom. The lowest BCUT2D eigenvalue weighted by Crippen LogP contribution is -2.45. The molecule has 0 heterocycles. The Balaban J connectivity index is 3.43. The summed E-state index contributed by atoms with van der Waals surface area (Å²) in [6, 6.07) is -0.634. The predicted molar refractivity (Wildman–Crippen MR) is 361 cm³/mol. The zero-order chi connectivity index (χ0) is 59.2. The van der Waals surface area contributed by atoms with E-state index in [1.807, 2.05) is 6.08 Å². The van der Waals surface area contributed by atoms with Gasteiger partial charge in [0.1, 0.15) is 0 Å². The summed E-state index contributed by atoms with van der Waals surface area (Å²) in [6.45, 7) is 4.92. The largest absolute Gasteiger partial charge is 0.466 e. The summed E-state index contributed by atoms with van der Waals surface area (Å²) in [5.41, 5.74) is 0. The van der Waals surface area contributed by atoms with Crippen molar-refractivity contribution >= 4 is 11.9 Å². The monoisotopic (exact) mass is 1150 g/mol. The van der Waals surface area contributed by atoms with Gasteiger partial charge in [0.25, 0.3) is 0 Å². The number of unbranched alkanes of at least 4 members (excludes halogenated alkanes) is 52. The van der Waals surface area contributed by atoms with E-state index in [1.54, 1.807) is 6.08 Å². The molecule has 0 aliphatic rings. The second kappa shape index (κ2) is 71.3. The van der Waals surface area contributed by atoms with Crippen molar-refractivity contribution in [1.82, 2.24) is 5.32 Å². The molecule has 0 fully saturated rings. The van der Waals surface area contributed by atoms with Crippen molar-refractivity contribution in [2.75, 3.05) is 13.2 Å². The quantitative estimate of drug-likeness (QED) is 0.0320. The van der Waals surface area contributed by atoms with Crippen LogP contribution in [0.2, 0.25) is 0 Å². The lowest BCUT2D eigenvalue weighted by molar-refractivity contribution is -0.143. The Bertz CT molecular complexity index is 1370. The smallest absolute Gasteiger partial charge is 0.305 e. The predicted octanol–water partition coefficient (Wildman–Crippen LogP) is 24.0. The van der Waals surface area contributed by atoms with E-state index in [0.29, 0.717) is 19.4 Å². The summed E-state index contributed by atoms with van der Waals surface area (Å²) >= 11 is 0. The van der Waals surface area contributed by atoms with E-state index < -0.39 is 12.1 Å². The molecule has 3 N–H and O–H groups in total. The summed E-state index contributed by atoms with van der Waals surface area (Å²) in [7, 11) is 0. The van der Waals surface area contributed by atoms with Crippen LogP contribution in [-0.2, 0) is 14.3 Å². The third-order valence-corrected chi connectivity index (χ3v) is 17.1. The average Bonchev–Trinajstić information content (AvgIpc) is 3.48. The van der Waals surface area contributed by atoms with Gasteiger partial charge in [-0.1, -0.05) is 345 Å². The maximum Gasteiger partial charge on any atom is 0.305 e. The Morgan fingerprint density at radius 1 is 0.341 bits per heavy atom. The number of rotatable bonds is 69. The lowest BCUT2D eigenvalue weighted by Gasteiger charge is -2.20. The molecule has 2 unspecified atom stereocenters. The highest BCUT2D eigenvalue weighted by Gasteiger charge is 2.18. The van der Waals surface area contributed by atoms with Gasteiger partial charge in [-0.3, -0.25) is 9.59 Å². The third kappa shape index (κ3) is 67.0. The molecule has 2 atom stereocenters. The van der Waals surface area contributed by atoms with Crippen molar-refractivity contribution < 1.29 is 24.5 Å². The van der Waals surface area contributed by atoms with E-state index in [1.165, 1.54) is 321 Å². The molecule has 6 nitrogen and oxygen atoms in total. The minimum absolute atomic E-state index is 0.00514. The number of esters is 1. The number of ether oxygens (including phenoxy) is 1. The van der Waals surface area contributed by atoms with E-state index in [2.05, 4.69) is 55.6 Å². The molecule has 0 radical (unpaired) electrons. The van der Waals surface area contributed by atoms with Gasteiger partial charge in [0.15, 0.2) is 0 Å². The third-order valence-electron chi connectivity index (χ3n) is 17.1. The molecule has 0 aromatic rings. The van der Waals surface area contributed by atoms with Crippen molar-refractivity contribution in [1.29, 1.82) is 0 Å². The molecular formula is C76H143NO5. The van der Waals surface area contributed by atoms with Gasteiger partial charge in [-0.25, -0.2) is 0 Å². The number of aliphatic hydroxyl groups is 2. The first-order valence-electron chi connectivity index (χ1n) is 36.9. The number of carbonyl (C=O) groups excluding carboxylic acids is 2. The molecule has 482 valence electrons. The van der Waals surface area contributed by atoms with Crippen LogP contribution in [0.5, 0.6) is 0 Å². The van der Waals surface area contributed by atoms with Crippen LogP contribution >= 0.6 is 0 Å². The first-order valence-corrected chi connectivity index (χ1v) is 36.9. The fourth-order valence-electron chi connectivity index (χ4n) is 11.4. The molecule has 6 heteroatoms. The maximum atomic E-state index is 12.5. The molecule has 82 heavy (non-hydrogen) atoms. The highest BCUT2D eigenvalue weighted by molar-refractivity contribution is 5.76. The summed E-state index contributed by atoms with van der Waals surface area (Å²) in [5.74, 6) is -0.0639. The fourth-order valence-corrected chi connectivity index (χ4v) is 11.4. The minimum Gasteiger partial charge on any atom is -0.466 e. The zero-order valence-electron chi connectivity index (χ0n) is 55.2. The van der Waals surface area contributed by atoms with E-state index in [-0.39, 0.29) is 18.5 Å². The number of hydrogen-bond acceptors (Lipinski definition) is 5. The molecule has 1 amide bonds. The standard InChI is InChI=1S/C76H143NO5/c1-3-5-7-9-11-13-15-17-19-21-23-24-27-30-33-36-40-44-48-52-56-60-64-68-74(79)73(72-78)77-75(80)69-65-61-57-53-49-45-41-37-34-31-28-25-26-29-32-35-39-43-47-51-55-59-63-67-71-82-76(81)70-66-62-58-54-50-46-42-38-22-20-18-16-14-12-10-8-6-4-2/h14,16,20,22,28,31,64,68,73-74,78-79H,3-13,15,17-19,21,23-27,29-30,32-63,65-67,69-72H2,1-2H3,(H,77,80)/b16-14-,22-20-,31-28-,68-64+. The van der Waals surface area contributed by atoms with Gasteiger partial charge >= 0.3 is 5.97 Å². The highest BCUT2D eigenvalue weighted by atomic mass is 16.5. The lowest BCUT2D eigenvalue weighted by atomic mass is 10.0. The van der Waals surface area contributed by atoms with Crippen LogP contribution in [0.4, 0.5) is 0 Å². The molecule has 0 bridgehead atoms. The Morgan fingerprint density at radius 2 is 0.610 bits per heavy atom. The Hall–Kier alpha value is -2.18. The van der Waals surface area contributed by atoms with E-state index in [0.717, 1.165) is 51.4 Å². The average molecular weight is 1150 g/mol.